The number of fused-ring (bicyclic) bond motifs is 1. The van der Waals surface area contributed by atoms with Crippen LogP contribution in [0.25, 0.3) is 11.0 Å². The first kappa shape index (κ1) is 23.3. The number of hydrogen-bond donors (Lipinski definition) is 3. The number of nitrogens with zero attached hydrogens (tertiary/aromatic N) is 4. The summed E-state index contributed by atoms with van der Waals surface area (Å²) in [4.78, 5) is 41.0. The fourth-order valence-electron chi connectivity index (χ4n) is 4.23. The number of aromatic amines is 1. The van der Waals surface area contributed by atoms with Gasteiger partial charge in [0.1, 0.15) is 17.8 Å². The van der Waals surface area contributed by atoms with Gasteiger partial charge in [-0.1, -0.05) is 30.3 Å². The van der Waals surface area contributed by atoms with Crippen molar-refractivity contribution in [1.29, 1.82) is 0 Å². The summed E-state index contributed by atoms with van der Waals surface area (Å²) >= 11 is 0. The van der Waals surface area contributed by atoms with Crippen LogP contribution in [0.2, 0.25) is 0 Å². The van der Waals surface area contributed by atoms with Gasteiger partial charge >= 0.3 is 0 Å². The highest BCUT2D eigenvalue weighted by Crippen LogP contribution is 2.29. The summed E-state index contributed by atoms with van der Waals surface area (Å²) in [6.07, 6.45) is 5.11. The normalized spacial score (nSPS) is 14.3. The number of rotatable bonds is 8. The average molecular weight is 482 g/mol. The van der Waals surface area contributed by atoms with Gasteiger partial charge in [-0.15, -0.1) is 0 Å². The first-order valence-corrected chi connectivity index (χ1v) is 11.8. The monoisotopic (exact) mass is 481 g/mol. The smallest absolute Gasteiger partial charge is 0.231 e. The Hall–Kier alpha value is -4.50. The van der Waals surface area contributed by atoms with E-state index < -0.39 is 0 Å². The maximum atomic E-state index is 13.2. The molecule has 5 rings (SSSR count). The largest absolute Gasteiger partial charge is 0.369 e. The van der Waals surface area contributed by atoms with E-state index in [0.717, 1.165) is 31.9 Å². The first-order chi connectivity index (χ1) is 17.6. The minimum atomic E-state index is -0.145. The van der Waals surface area contributed by atoms with E-state index in [1.165, 1.54) is 18.0 Å². The third-order valence-corrected chi connectivity index (χ3v) is 6.20. The van der Waals surface area contributed by atoms with Crippen LogP contribution in [0.3, 0.4) is 0 Å². The number of likely N-dealkylation sites (N-methyl/N-ethyl adjacent to an activating group) is 1. The van der Waals surface area contributed by atoms with E-state index in [0.29, 0.717) is 40.2 Å². The molecule has 2 aromatic heterocycles. The van der Waals surface area contributed by atoms with Crippen LogP contribution in [-0.4, -0.2) is 65.1 Å². The van der Waals surface area contributed by atoms with E-state index >= 15 is 0 Å². The molecule has 36 heavy (non-hydrogen) atoms. The average Bonchev–Trinajstić information content (AvgIpc) is 3.34. The van der Waals surface area contributed by atoms with Gasteiger partial charge in [0.25, 0.3) is 0 Å². The summed E-state index contributed by atoms with van der Waals surface area (Å²) in [5.74, 6) is 0.626. The molecule has 0 bridgehead atoms. The van der Waals surface area contributed by atoms with Crippen LogP contribution in [0.4, 0.5) is 23.1 Å². The van der Waals surface area contributed by atoms with Crippen molar-refractivity contribution in [2.45, 2.75) is 0 Å². The van der Waals surface area contributed by atoms with Crippen molar-refractivity contribution in [3.63, 3.8) is 0 Å². The summed E-state index contributed by atoms with van der Waals surface area (Å²) in [6.45, 7) is 4.10. The molecule has 0 amide bonds. The highest BCUT2D eigenvalue weighted by Gasteiger charge is 2.20. The van der Waals surface area contributed by atoms with E-state index in [-0.39, 0.29) is 5.78 Å². The van der Waals surface area contributed by atoms with Gasteiger partial charge in [-0.2, -0.15) is 9.97 Å². The molecule has 1 aliphatic heterocycles. The Morgan fingerprint density at radius 1 is 1.00 bits per heavy atom. The Labute approximate surface area is 208 Å². The molecule has 3 heterocycles. The number of benzene rings is 2. The Balaban J connectivity index is 1.43. The molecule has 3 N–H and O–H groups in total. The predicted octanol–water partition coefficient (Wildman–Crippen LogP) is 3.81. The van der Waals surface area contributed by atoms with Crippen LogP contribution in [-0.2, 0) is 4.79 Å². The van der Waals surface area contributed by atoms with Gasteiger partial charge in [0.2, 0.25) is 5.95 Å². The number of aromatic nitrogens is 3. The summed E-state index contributed by atoms with van der Waals surface area (Å²) in [5.41, 5.74) is 3.54. The molecule has 0 atom stereocenters. The number of anilines is 4. The molecule has 2 aromatic carbocycles. The van der Waals surface area contributed by atoms with Crippen molar-refractivity contribution in [3.05, 3.63) is 84.2 Å². The standard InChI is InChI=1S/C27H27N7O2/c1-33-13-15-34(16-14-33)21-10-8-20(9-11-21)30-27-31-25(28-12-5-17-35)23-22(18-29-26(23)32-27)24(36)19-6-3-2-4-7-19/h2-12,17-18H,13-16H2,1H3,(H3,28,29,30,31,32). The molecule has 0 radical (unpaired) electrons. The van der Waals surface area contributed by atoms with Crippen molar-refractivity contribution in [1.82, 2.24) is 19.9 Å². The van der Waals surface area contributed by atoms with Crippen molar-refractivity contribution >= 4 is 46.2 Å². The lowest BCUT2D eigenvalue weighted by atomic mass is 10.0. The second kappa shape index (κ2) is 10.4. The zero-order valence-corrected chi connectivity index (χ0v) is 19.9. The molecule has 182 valence electrons. The molecule has 9 nitrogen and oxygen atoms in total. The summed E-state index contributed by atoms with van der Waals surface area (Å²) < 4.78 is 0. The Kier molecular flexibility index (Phi) is 6.72. The van der Waals surface area contributed by atoms with Gasteiger partial charge in [-0.25, -0.2) is 0 Å². The topological polar surface area (TPSA) is 106 Å². The van der Waals surface area contributed by atoms with Crippen LogP contribution in [0.1, 0.15) is 15.9 Å². The minimum absolute atomic E-state index is 0.145. The van der Waals surface area contributed by atoms with Gasteiger partial charge in [-0.05, 0) is 37.4 Å². The number of piperazine rings is 1. The summed E-state index contributed by atoms with van der Waals surface area (Å²) in [5, 5.41) is 6.82. The molecule has 0 saturated carbocycles. The predicted molar refractivity (Wildman–Crippen MR) is 142 cm³/mol. The van der Waals surface area contributed by atoms with E-state index in [9.17, 15) is 9.59 Å². The van der Waals surface area contributed by atoms with Gasteiger partial charge < -0.3 is 25.4 Å². The van der Waals surface area contributed by atoms with Crippen LogP contribution in [0.15, 0.2) is 73.1 Å². The van der Waals surface area contributed by atoms with E-state index in [1.54, 1.807) is 18.3 Å². The summed E-state index contributed by atoms with van der Waals surface area (Å²) in [6, 6.07) is 17.2. The highest BCUT2D eigenvalue weighted by molar-refractivity contribution is 6.18. The third kappa shape index (κ3) is 4.96. The van der Waals surface area contributed by atoms with Gasteiger partial charge in [0, 0.05) is 55.5 Å². The van der Waals surface area contributed by atoms with E-state index in [4.69, 9.17) is 0 Å². The van der Waals surface area contributed by atoms with E-state index in [1.807, 2.05) is 30.3 Å². The Morgan fingerprint density at radius 2 is 1.75 bits per heavy atom. The third-order valence-electron chi connectivity index (χ3n) is 6.20. The van der Waals surface area contributed by atoms with Crippen molar-refractivity contribution in [3.8, 4) is 0 Å². The Bertz CT molecular complexity index is 1390. The number of carbonyl (C=O) groups excluding carboxylic acids is 2. The van der Waals surface area contributed by atoms with Gasteiger partial charge in [-0.3, -0.25) is 9.59 Å². The molecule has 0 spiro atoms. The zero-order valence-electron chi connectivity index (χ0n) is 19.9. The number of aldehydes is 1. The number of allylic oxidation sites excluding steroid dienone is 1. The fourth-order valence-corrected chi connectivity index (χ4v) is 4.23. The molecular formula is C27H27N7O2. The minimum Gasteiger partial charge on any atom is -0.369 e. The SMILES string of the molecule is CN1CCN(c2ccc(Nc3nc(NC=CC=O)c4c(C(=O)c5ccccc5)c[nH]c4n3)cc2)CC1. The maximum Gasteiger partial charge on any atom is 0.231 e. The number of ketones is 1. The maximum absolute atomic E-state index is 13.2. The molecule has 4 aromatic rings. The number of carbonyl (C=O) groups is 2. The molecule has 1 aliphatic rings. The zero-order chi connectivity index (χ0) is 24.9. The summed E-state index contributed by atoms with van der Waals surface area (Å²) in [7, 11) is 2.14. The van der Waals surface area contributed by atoms with Crippen molar-refractivity contribution < 1.29 is 9.59 Å². The van der Waals surface area contributed by atoms with Crippen molar-refractivity contribution in [2.75, 3.05) is 48.8 Å². The van der Waals surface area contributed by atoms with Gasteiger partial charge in [0.15, 0.2) is 5.78 Å². The van der Waals surface area contributed by atoms with E-state index in [2.05, 4.69) is 54.6 Å². The van der Waals surface area contributed by atoms with Crippen LogP contribution in [0.5, 0.6) is 0 Å². The number of nitrogens with one attached hydrogen (secondary N) is 3. The highest BCUT2D eigenvalue weighted by atomic mass is 16.1. The van der Waals surface area contributed by atoms with Crippen molar-refractivity contribution in [2.24, 2.45) is 0 Å². The second-order valence-corrected chi connectivity index (χ2v) is 8.62. The number of H-pyrrole nitrogens is 1. The molecule has 1 saturated heterocycles. The lowest BCUT2D eigenvalue weighted by Crippen LogP contribution is -2.44. The van der Waals surface area contributed by atoms with Crippen LogP contribution < -0.4 is 15.5 Å². The van der Waals surface area contributed by atoms with Crippen LogP contribution in [0, 0.1) is 0 Å². The fraction of sp³-hybridized carbons (Fsp3) is 0.185. The molecule has 0 unspecified atom stereocenters. The quantitative estimate of drug-likeness (QED) is 0.198. The second-order valence-electron chi connectivity index (χ2n) is 8.62. The lowest BCUT2D eigenvalue weighted by molar-refractivity contribution is -0.104. The molecule has 9 heteroatoms. The van der Waals surface area contributed by atoms with Crippen LogP contribution >= 0.6 is 0 Å². The number of hydrogen-bond acceptors (Lipinski definition) is 8. The molecular weight excluding hydrogens is 454 g/mol. The Morgan fingerprint density at radius 3 is 2.47 bits per heavy atom. The molecule has 0 aliphatic carbocycles. The first-order valence-electron chi connectivity index (χ1n) is 11.8. The lowest BCUT2D eigenvalue weighted by Gasteiger charge is -2.34. The molecule has 1 fully saturated rings. The van der Waals surface area contributed by atoms with Gasteiger partial charge in [0.05, 0.1) is 10.9 Å².